The van der Waals surface area contributed by atoms with Gasteiger partial charge in [-0.15, -0.1) is 0 Å². The van der Waals surface area contributed by atoms with Gasteiger partial charge in [-0.1, -0.05) is 115 Å². The Labute approximate surface area is 239 Å². The first kappa shape index (κ1) is 28.1. The summed E-state index contributed by atoms with van der Waals surface area (Å²) >= 11 is 0. The van der Waals surface area contributed by atoms with E-state index >= 15 is 0 Å². The molecule has 0 fully saturated rings. The molecule has 2 nitrogen and oxygen atoms in total. The van der Waals surface area contributed by atoms with Crippen molar-refractivity contribution in [2.75, 3.05) is 37.0 Å². The Bertz CT molecular complexity index is 1090. The molecule has 5 rings (SSSR count). The van der Waals surface area contributed by atoms with Crippen molar-refractivity contribution in [1.82, 2.24) is 0 Å². The van der Waals surface area contributed by atoms with Crippen LogP contribution in [0.5, 0.6) is 0 Å². The van der Waals surface area contributed by atoms with Gasteiger partial charge in [0.05, 0.1) is 0 Å². The highest BCUT2D eigenvalue weighted by Gasteiger charge is 2.43. The van der Waals surface area contributed by atoms with E-state index in [1.54, 1.807) is 11.1 Å². The van der Waals surface area contributed by atoms with Gasteiger partial charge in [0, 0.05) is 44.0 Å². The summed E-state index contributed by atoms with van der Waals surface area (Å²) in [6, 6.07) is 10.3. The molecule has 0 N–H and O–H groups in total. The summed E-state index contributed by atoms with van der Waals surface area (Å²) in [7, 11) is 4.52. The van der Waals surface area contributed by atoms with Crippen molar-refractivity contribution in [3.05, 3.63) is 58.7 Å². The third-order valence-electron chi connectivity index (χ3n) is 9.75. The van der Waals surface area contributed by atoms with Crippen LogP contribution in [-0.2, 0) is 5.41 Å². The number of fused-ring (bicyclic) bond motifs is 5. The quantitative estimate of drug-likeness (QED) is 0.227. The Hall–Kier alpha value is -2.48. The molecule has 3 aliphatic rings. The zero-order valence-corrected chi connectivity index (χ0v) is 25.3. The molecule has 0 saturated heterocycles. The van der Waals surface area contributed by atoms with Gasteiger partial charge in [0.15, 0.2) is 0 Å². The lowest BCUT2D eigenvalue weighted by atomic mass is 9.70. The normalized spacial score (nSPS) is 16.3. The van der Waals surface area contributed by atoms with Crippen molar-refractivity contribution in [2.24, 2.45) is 0 Å². The van der Waals surface area contributed by atoms with Crippen LogP contribution in [-0.4, -0.2) is 27.2 Å². The molecule has 2 heteroatoms. The van der Waals surface area contributed by atoms with E-state index in [0.717, 1.165) is 13.1 Å². The van der Waals surface area contributed by atoms with Gasteiger partial charge in [0.25, 0.3) is 0 Å². The van der Waals surface area contributed by atoms with Crippen molar-refractivity contribution in [3.63, 3.8) is 0 Å². The fourth-order valence-corrected chi connectivity index (χ4v) is 7.47. The number of hydrogen-bond acceptors (Lipinski definition) is 2. The Kier molecular flexibility index (Phi) is 9.21. The topological polar surface area (TPSA) is 6.48 Å². The number of hydrogen-bond donors (Lipinski definition) is 0. The van der Waals surface area contributed by atoms with Gasteiger partial charge in [-0.2, -0.15) is 0 Å². The first-order valence-electron chi connectivity index (χ1n) is 16.2. The van der Waals surface area contributed by atoms with Gasteiger partial charge < -0.3 is 9.80 Å². The Morgan fingerprint density at radius 2 is 0.974 bits per heavy atom. The number of rotatable bonds is 14. The summed E-state index contributed by atoms with van der Waals surface area (Å²) in [5.41, 5.74) is 12.0. The molecule has 0 spiro atoms. The maximum atomic E-state index is 2.61. The van der Waals surface area contributed by atoms with Crippen molar-refractivity contribution in [1.29, 1.82) is 0 Å². The molecule has 0 amide bonds. The maximum Gasteiger partial charge on any atom is 0.0443 e. The molecule has 39 heavy (non-hydrogen) atoms. The van der Waals surface area contributed by atoms with Crippen LogP contribution >= 0.6 is 0 Å². The van der Waals surface area contributed by atoms with Crippen LogP contribution in [0.2, 0.25) is 0 Å². The largest absolute Gasteiger partial charge is 0.370 e. The van der Waals surface area contributed by atoms with Crippen LogP contribution in [0.15, 0.2) is 36.4 Å². The number of likely N-dealkylation sites (N-methyl/N-ethyl adjacent to an activating group) is 2. The molecular formula is C37H52N2. The molecule has 0 bridgehead atoms. The minimum Gasteiger partial charge on any atom is -0.370 e. The Morgan fingerprint density at radius 3 is 1.41 bits per heavy atom. The van der Waals surface area contributed by atoms with Gasteiger partial charge in [0.1, 0.15) is 0 Å². The summed E-state index contributed by atoms with van der Waals surface area (Å²) in [6.45, 7) is 6.65. The van der Waals surface area contributed by atoms with Crippen LogP contribution in [0.25, 0.3) is 23.3 Å². The van der Waals surface area contributed by atoms with Gasteiger partial charge in [-0.25, -0.2) is 0 Å². The number of nitrogens with zero attached hydrogens (tertiary/aromatic N) is 2. The average molecular weight is 525 g/mol. The average Bonchev–Trinajstić information content (AvgIpc) is 3.19. The molecule has 0 saturated carbocycles. The second-order valence-corrected chi connectivity index (χ2v) is 12.6. The van der Waals surface area contributed by atoms with E-state index in [1.165, 1.54) is 124 Å². The van der Waals surface area contributed by atoms with Gasteiger partial charge in [-0.05, 0) is 70.5 Å². The number of anilines is 2. The standard InChI is InChI=1S/C37H52N2/c1-5-7-9-11-13-15-21-37(22-16-14-12-10-8-6-2)33-27-35-29(19-17-23-38(35)3)25-31(33)32-26-30-20-18-24-39(4)36(30)28-34(32)37/h17-20,25-28H,5-16,21-24H2,1-4H3. The maximum absolute atomic E-state index is 2.61. The molecule has 0 unspecified atom stereocenters. The second-order valence-electron chi connectivity index (χ2n) is 12.6. The highest BCUT2D eigenvalue weighted by atomic mass is 15.1. The van der Waals surface area contributed by atoms with Gasteiger partial charge >= 0.3 is 0 Å². The lowest BCUT2D eigenvalue weighted by Crippen LogP contribution is -2.28. The van der Waals surface area contributed by atoms with Crippen molar-refractivity contribution in [2.45, 2.75) is 109 Å². The molecule has 0 aromatic heterocycles. The smallest absolute Gasteiger partial charge is 0.0443 e. The molecular weight excluding hydrogens is 472 g/mol. The van der Waals surface area contributed by atoms with Crippen LogP contribution < -0.4 is 9.80 Å². The molecule has 0 radical (unpaired) electrons. The lowest BCUT2D eigenvalue weighted by Gasteiger charge is -2.35. The van der Waals surface area contributed by atoms with Crippen LogP contribution in [0.1, 0.15) is 126 Å². The molecule has 210 valence electrons. The van der Waals surface area contributed by atoms with Crippen molar-refractivity contribution in [3.8, 4) is 11.1 Å². The highest BCUT2D eigenvalue weighted by molar-refractivity contribution is 5.90. The molecule has 1 aliphatic carbocycles. The fourth-order valence-electron chi connectivity index (χ4n) is 7.47. The summed E-state index contributed by atoms with van der Waals surface area (Å²) in [5.74, 6) is 0. The molecule has 2 aliphatic heterocycles. The van der Waals surface area contributed by atoms with Crippen LogP contribution in [0.3, 0.4) is 0 Å². The SMILES string of the molecule is CCCCCCCCC1(CCCCCCCC)c2cc3c(cc2-c2cc4c(cc21)N(C)CC=C4)C=CCN3C. The molecule has 0 atom stereocenters. The molecule has 2 heterocycles. The van der Waals surface area contributed by atoms with Gasteiger partial charge in [0.2, 0.25) is 0 Å². The Balaban J connectivity index is 1.56. The third kappa shape index (κ3) is 5.72. The first-order valence-corrected chi connectivity index (χ1v) is 16.2. The minimum absolute atomic E-state index is 0.133. The zero-order chi connectivity index (χ0) is 27.2. The number of unbranched alkanes of at least 4 members (excludes halogenated alkanes) is 10. The van der Waals surface area contributed by atoms with E-state index in [9.17, 15) is 0 Å². The number of benzene rings is 2. The lowest BCUT2D eigenvalue weighted by molar-refractivity contribution is 0.398. The first-order chi connectivity index (χ1) is 19.1. The zero-order valence-electron chi connectivity index (χ0n) is 25.3. The van der Waals surface area contributed by atoms with Crippen LogP contribution in [0, 0.1) is 0 Å². The predicted octanol–water partition coefficient (Wildman–Crippen LogP) is 10.4. The van der Waals surface area contributed by atoms with E-state index in [2.05, 4.69) is 86.3 Å². The van der Waals surface area contributed by atoms with Crippen molar-refractivity contribution < 1.29 is 0 Å². The third-order valence-corrected chi connectivity index (χ3v) is 9.75. The predicted molar refractivity (Wildman–Crippen MR) is 173 cm³/mol. The van der Waals surface area contributed by atoms with E-state index < -0.39 is 0 Å². The molecule has 2 aromatic carbocycles. The second kappa shape index (κ2) is 12.8. The molecule has 2 aromatic rings. The summed E-state index contributed by atoms with van der Waals surface area (Å²) in [6.07, 6.45) is 28.2. The minimum atomic E-state index is 0.133. The Morgan fingerprint density at radius 1 is 0.564 bits per heavy atom. The summed E-state index contributed by atoms with van der Waals surface area (Å²) in [4.78, 5) is 4.89. The highest BCUT2D eigenvalue weighted by Crippen LogP contribution is 2.57. The summed E-state index contributed by atoms with van der Waals surface area (Å²) in [5, 5.41) is 0. The van der Waals surface area contributed by atoms with E-state index in [4.69, 9.17) is 0 Å². The van der Waals surface area contributed by atoms with Crippen molar-refractivity contribution >= 4 is 23.5 Å². The fraction of sp³-hybridized carbons (Fsp3) is 0.568. The van der Waals surface area contributed by atoms with E-state index in [1.807, 2.05) is 0 Å². The van der Waals surface area contributed by atoms with E-state index in [0.29, 0.717) is 0 Å². The monoisotopic (exact) mass is 524 g/mol. The van der Waals surface area contributed by atoms with Crippen LogP contribution in [0.4, 0.5) is 11.4 Å². The van der Waals surface area contributed by atoms with E-state index in [-0.39, 0.29) is 5.41 Å². The summed E-state index contributed by atoms with van der Waals surface area (Å²) < 4.78 is 0. The van der Waals surface area contributed by atoms with Gasteiger partial charge in [-0.3, -0.25) is 0 Å².